The summed E-state index contributed by atoms with van der Waals surface area (Å²) in [4.78, 5) is 9.07. The lowest BCUT2D eigenvalue weighted by atomic mass is 10.1. The second kappa shape index (κ2) is 6.45. The normalized spacial score (nSPS) is 26.0. The summed E-state index contributed by atoms with van der Waals surface area (Å²) in [7, 11) is 0. The average molecular weight is 265 g/mol. The molecule has 2 aliphatic rings. The van der Waals surface area contributed by atoms with Crippen LogP contribution < -0.4 is 0 Å². The topological polar surface area (TPSA) is 46.4 Å². The van der Waals surface area contributed by atoms with Crippen LogP contribution >= 0.6 is 0 Å². The molecule has 0 amide bonds. The number of rotatable bonds is 5. The third-order valence-electron chi connectivity index (χ3n) is 4.12. The zero-order valence-electron chi connectivity index (χ0n) is 11.4. The Balaban J connectivity index is 1.34. The van der Waals surface area contributed by atoms with E-state index in [-0.39, 0.29) is 0 Å². The summed E-state index contributed by atoms with van der Waals surface area (Å²) in [5.41, 5.74) is 0. The second-order valence-corrected chi connectivity index (χ2v) is 5.53. The Morgan fingerprint density at radius 3 is 2.63 bits per heavy atom. The fourth-order valence-electron chi connectivity index (χ4n) is 2.88. The Morgan fingerprint density at radius 1 is 1.11 bits per heavy atom. The molecule has 0 spiro atoms. The lowest BCUT2D eigenvalue weighted by molar-refractivity contribution is 0.108. The molecule has 3 rings (SSSR count). The summed E-state index contributed by atoms with van der Waals surface area (Å²) < 4.78 is 7.35. The zero-order valence-corrected chi connectivity index (χ0v) is 11.4. The van der Waals surface area contributed by atoms with Crippen LogP contribution in [0.15, 0.2) is 12.7 Å². The van der Waals surface area contributed by atoms with E-state index in [1.807, 2.05) is 4.68 Å². The van der Waals surface area contributed by atoms with E-state index in [9.17, 15) is 0 Å². The quantitative estimate of drug-likeness (QED) is 0.746. The van der Waals surface area contributed by atoms with Crippen LogP contribution in [0.2, 0.25) is 0 Å². The highest BCUT2D eigenvalue weighted by atomic mass is 16.5. The van der Waals surface area contributed by atoms with E-state index in [4.69, 9.17) is 4.74 Å². The van der Waals surface area contributed by atoms with Crippen LogP contribution in [0.5, 0.6) is 0 Å². The van der Waals surface area contributed by atoms with Gasteiger partial charge in [0, 0.05) is 45.9 Å². The van der Waals surface area contributed by atoms with Crippen molar-refractivity contribution in [3.8, 4) is 0 Å². The molecule has 3 heterocycles. The number of hydrogen-bond donors (Lipinski definition) is 0. The Hall–Kier alpha value is -0.980. The molecule has 0 bridgehead atoms. The van der Waals surface area contributed by atoms with E-state index in [1.54, 1.807) is 12.7 Å². The lowest BCUT2D eigenvalue weighted by Gasteiger charge is -2.35. The van der Waals surface area contributed by atoms with Crippen molar-refractivity contribution in [3.63, 3.8) is 0 Å². The SMILES string of the molecule is c1ncn(CCN2CCN(C[C@H]3CCOC3)CC2)n1. The van der Waals surface area contributed by atoms with Gasteiger partial charge in [0.2, 0.25) is 0 Å². The van der Waals surface area contributed by atoms with Gasteiger partial charge in [-0.25, -0.2) is 4.98 Å². The van der Waals surface area contributed by atoms with Crippen molar-refractivity contribution in [1.82, 2.24) is 24.6 Å². The maximum atomic E-state index is 5.45. The van der Waals surface area contributed by atoms with Crippen molar-refractivity contribution in [3.05, 3.63) is 12.7 Å². The van der Waals surface area contributed by atoms with Gasteiger partial charge in [-0.15, -0.1) is 0 Å². The highest BCUT2D eigenvalue weighted by Gasteiger charge is 2.22. The fraction of sp³-hybridized carbons (Fsp3) is 0.846. The highest BCUT2D eigenvalue weighted by molar-refractivity contribution is 4.76. The number of nitrogens with zero attached hydrogens (tertiary/aromatic N) is 5. The first kappa shape index (κ1) is 13.0. The molecule has 1 aromatic rings. The molecule has 6 heteroatoms. The first-order valence-electron chi connectivity index (χ1n) is 7.25. The predicted molar refractivity (Wildman–Crippen MR) is 71.8 cm³/mol. The number of piperazine rings is 1. The van der Waals surface area contributed by atoms with Crippen molar-refractivity contribution >= 4 is 0 Å². The van der Waals surface area contributed by atoms with E-state index in [1.165, 1.54) is 39.1 Å². The maximum absolute atomic E-state index is 5.45. The molecule has 0 saturated carbocycles. The standard InChI is InChI=1S/C13H23N5O/c1-8-19-10-13(1)9-17-4-2-16(3-5-17)6-7-18-12-14-11-15-18/h11-13H,1-10H2/t13-/m1/s1. The molecule has 2 aliphatic heterocycles. The molecule has 0 radical (unpaired) electrons. The molecule has 0 N–H and O–H groups in total. The van der Waals surface area contributed by atoms with E-state index in [2.05, 4.69) is 19.9 Å². The first-order chi connectivity index (χ1) is 9.40. The summed E-state index contributed by atoms with van der Waals surface area (Å²) in [6.45, 7) is 9.87. The molecular formula is C13H23N5O. The van der Waals surface area contributed by atoms with Crippen LogP contribution in [0.4, 0.5) is 0 Å². The van der Waals surface area contributed by atoms with Crippen molar-refractivity contribution in [2.24, 2.45) is 5.92 Å². The first-order valence-corrected chi connectivity index (χ1v) is 7.25. The molecular weight excluding hydrogens is 242 g/mol. The van der Waals surface area contributed by atoms with Gasteiger partial charge in [0.05, 0.1) is 13.2 Å². The lowest BCUT2D eigenvalue weighted by Crippen LogP contribution is -2.48. The molecule has 106 valence electrons. The summed E-state index contributed by atoms with van der Waals surface area (Å²) in [5.74, 6) is 0.765. The molecule has 1 atom stereocenters. The zero-order chi connectivity index (χ0) is 12.9. The molecule has 19 heavy (non-hydrogen) atoms. The Bertz CT molecular complexity index is 355. The predicted octanol–water partition coefficient (Wildman–Crippen LogP) is -0.0678. The van der Waals surface area contributed by atoms with Crippen LogP contribution in [-0.4, -0.2) is 77.0 Å². The van der Waals surface area contributed by atoms with Gasteiger partial charge in [-0.2, -0.15) is 5.10 Å². The average Bonchev–Trinajstić information content (AvgIpc) is 3.11. The second-order valence-electron chi connectivity index (χ2n) is 5.53. The fourth-order valence-corrected chi connectivity index (χ4v) is 2.88. The summed E-state index contributed by atoms with van der Waals surface area (Å²) in [6, 6.07) is 0. The third kappa shape index (κ3) is 3.75. The van der Waals surface area contributed by atoms with E-state index < -0.39 is 0 Å². The molecule has 0 aliphatic carbocycles. The Labute approximate surface area is 114 Å². The largest absolute Gasteiger partial charge is 0.381 e. The van der Waals surface area contributed by atoms with Gasteiger partial charge in [-0.1, -0.05) is 0 Å². The van der Waals surface area contributed by atoms with Crippen molar-refractivity contribution in [2.75, 3.05) is 52.5 Å². The van der Waals surface area contributed by atoms with Gasteiger partial charge in [0.1, 0.15) is 12.7 Å². The molecule has 0 unspecified atom stereocenters. The number of ether oxygens (including phenoxy) is 1. The summed E-state index contributed by atoms with van der Waals surface area (Å²) >= 11 is 0. The minimum atomic E-state index is 0.765. The monoisotopic (exact) mass is 265 g/mol. The smallest absolute Gasteiger partial charge is 0.137 e. The van der Waals surface area contributed by atoms with Gasteiger partial charge >= 0.3 is 0 Å². The number of hydrogen-bond acceptors (Lipinski definition) is 5. The van der Waals surface area contributed by atoms with Crippen LogP contribution in [0.3, 0.4) is 0 Å². The Morgan fingerprint density at radius 2 is 1.95 bits per heavy atom. The molecule has 1 aromatic heterocycles. The maximum Gasteiger partial charge on any atom is 0.137 e. The van der Waals surface area contributed by atoms with Crippen LogP contribution in [0.1, 0.15) is 6.42 Å². The molecule has 0 aromatic carbocycles. The number of aromatic nitrogens is 3. The van der Waals surface area contributed by atoms with Crippen LogP contribution in [0.25, 0.3) is 0 Å². The summed E-state index contributed by atoms with van der Waals surface area (Å²) in [5, 5.41) is 4.14. The van der Waals surface area contributed by atoms with Crippen LogP contribution in [-0.2, 0) is 11.3 Å². The molecule has 6 nitrogen and oxygen atoms in total. The molecule has 2 saturated heterocycles. The minimum Gasteiger partial charge on any atom is -0.381 e. The van der Waals surface area contributed by atoms with Crippen molar-refractivity contribution in [1.29, 1.82) is 0 Å². The van der Waals surface area contributed by atoms with E-state index in [0.717, 1.165) is 32.2 Å². The summed E-state index contributed by atoms with van der Waals surface area (Å²) in [6.07, 6.45) is 4.63. The van der Waals surface area contributed by atoms with Crippen molar-refractivity contribution in [2.45, 2.75) is 13.0 Å². The van der Waals surface area contributed by atoms with Crippen LogP contribution in [0, 0.1) is 5.92 Å². The van der Waals surface area contributed by atoms with Gasteiger partial charge in [0.25, 0.3) is 0 Å². The van der Waals surface area contributed by atoms with E-state index >= 15 is 0 Å². The highest BCUT2D eigenvalue weighted by Crippen LogP contribution is 2.15. The van der Waals surface area contributed by atoms with Gasteiger partial charge in [-0.3, -0.25) is 9.58 Å². The van der Waals surface area contributed by atoms with E-state index in [0.29, 0.717) is 0 Å². The van der Waals surface area contributed by atoms with Gasteiger partial charge in [0.15, 0.2) is 0 Å². The van der Waals surface area contributed by atoms with Gasteiger partial charge < -0.3 is 9.64 Å². The minimum absolute atomic E-state index is 0.765. The third-order valence-corrected chi connectivity index (χ3v) is 4.12. The Kier molecular flexibility index (Phi) is 4.42. The van der Waals surface area contributed by atoms with Gasteiger partial charge in [-0.05, 0) is 12.3 Å². The molecule has 2 fully saturated rings. The van der Waals surface area contributed by atoms with Crippen molar-refractivity contribution < 1.29 is 4.74 Å².